The van der Waals surface area contributed by atoms with Crippen molar-refractivity contribution in [2.75, 3.05) is 18.5 Å². The second kappa shape index (κ2) is 16.2. The highest BCUT2D eigenvalue weighted by Gasteiger charge is 2.80. The zero-order valence-corrected chi connectivity index (χ0v) is 37.5. The molecule has 11 atom stereocenters. The van der Waals surface area contributed by atoms with Crippen LogP contribution in [0.15, 0.2) is 48.1 Å². The summed E-state index contributed by atoms with van der Waals surface area (Å²) in [7, 11) is -5.15. The maximum atomic E-state index is 17.9. The first kappa shape index (κ1) is 46.8. The fraction of sp³-hybridized carbons (Fsp3) is 0.628. The number of amides is 3. The Hall–Kier alpha value is -3.75. The number of Topliss-reactive ketones (excluding diaryl/α,β-unsaturated/α-hetero) is 1. The number of allylic oxidation sites excluding steroid dienone is 4. The number of carboxylic acid groups (broad SMARTS) is 1. The predicted octanol–water partition coefficient (Wildman–Crippen LogP) is 2.89. The van der Waals surface area contributed by atoms with E-state index in [1.807, 2.05) is 12.1 Å². The van der Waals surface area contributed by atoms with Gasteiger partial charge in [0.2, 0.25) is 17.7 Å². The number of hydrogen-bond donors (Lipinski definition) is 7. The zero-order valence-electron chi connectivity index (χ0n) is 35.0. The number of halogens is 3. The van der Waals surface area contributed by atoms with E-state index in [1.165, 1.54) is 13.0 Å². The number of carbonyl (C=O) groups excluding carboxylic acids is 5. The minimum absolute atomic E-state index is 0.0105. The van der Waals surface area contributed by atoms with Gasteiger partial charge in [0.25, 0.3) is 0 Å². The fourth-order valence-electron chi connectivity index (χ4n) is 12.7. The van der Waals surface area contributed by atoms with Crippen molar-refractivity contribution in [1.82, 2.24) is 16.0 Å². The van der Waals surface area contributed by atoms with Crippen LogP contribution < -0.4 is 16.0 Å². The molecule has 21 heteroatoms. The number of phosphoric ester groups is 1. The molecule has 1 aliphatic heterocycles. The highest BCUT2D eigenvalue weighted by Crippen LogP contribution is 2.73. The minimum Gasteiger partial charge on any atom is -0.481 e. The Kier molecular flexibility index (Phi) is 11.9. The van der Waals surface area contributed by atoms with Crippen molar-refractivity contribution in [3.63, 3.8) is 0 Å². The molecule has 17 nitrogen and oxygen atoms in total. The molecule has 7 N–H and O–H groups in total. The SMILES string of the molecule is C[C@]12C=CC(=O)C=C1[C@@H](F)C[C@H]1[C@@H]3C[C@H]4O[C@@H](c5ccc(CC67CC(NC(=O)[C@H](CCC(=O)O)NC(=O)CNC(=O)CBr)(C6)C7)cc5)O[C@@]4(C(=O)COP(=O)(O)O)[C@@]3(C)C[C@H](O)[C@@]12F. The Bertz CT molecular complexity index is 2260. The van der Waals surface area contributed by atoms with Gasteiger partial charge in [0, 0.05) is 34.3 Å². The number of hydrogen-bond acceptors (Lipinski definition) is 11. The molecule has 1 aromatic carbocycles. The lowest BCUT2D eigenvalue weighted by Crippen LogP contribution is -2.76. The maximum Gasteiger partial charge on any atom is 0.470 e. The van der Waals surface area contributed by atoms with Crippen molar-refractivity contribution in [2.45, 2.75) is 119 Å². The summed E-state index contributed by atoms with van der Waals surface area (Å²) in [5, 5.41) is 29.0. The number of ether oxygens (including phenoxy) is 2. The smallest absolute Gasteiger partial charge is 0.470 e. The summed E-state index contributed by atoms with van der Waals surface area (Å²) in [6, 6.07) is 6.13. The first-order chi connectivity index (χ1) is 29.9. The van der Waals surface area contributed by atoms with E-state index >= 15 is 8.78 Å². The molecule has 3 amide bonds. The van der Waals surface area contributed by atoms with E-state index in [4.69, 9.17) is 9.47 Å². The fourth-order valence-corrected chi connectivity index (χ4v) is 13.2. The number of ketones is 2. The van der Waals surface area contributed by atoms with Crippen LogP contribution in [0, 0.1) is 28.1 Å². The number of nitrogens with one attached hydrogen (secondary N) is 3. The summed E-state index contributed by atoms with van der Waals surface area (Å²) < 4.78 is 63.5. The quantitative estimate of drug-likeness (QED) is 0.0929. The number of carboxylic acids is 1. The van der Waals surface area contributed by atoms with E-state index in [0.717, 1.165) is 17.7 Å². The molecule has 348 valence electrons. The molecule has 0 unspecified atom stereocenters. The van der Waals surface area contributed by atoms with Crippen LogP contribution in [0.2, 0.25) is 0 Å². The molecule has 0 spiro atoms. The Labute approximate surface area is 374 Å². The van der Waals surface area contributed by atoms with Gasteiger partial charge in [0.1, 0.15) is 18.8 Å². The van der Waals surface area contributed by atoms with E-state index in [0.29, 0.717) is 31.2 Å². The van der Waals surface area contributed by atoms with Gasteiger partial charge in [-0.25, -0.2) is 13.3 Å². The zero-order chi connectivity index (χ0) is 46.4. The molecule has 1 saturated heterocycles. The number of benzene rings is 1. The second-order valence-electron chi connectivity index (χ2n) is 19.3. The number of aliphatic hydroxyl groups excluding tert-OH is 1. The van der Waals surface area contributed by atoms with Crippen LogP contribution in [0.3, 0.4) is 0 Å². The van der Waals surface area contributed by atoms with Gasteiger partial charge in [-0.15, -0.1) is 0 Å². The summed E-state index contributed by atoms with van der Waals surface area (Å²) >= 11 is 2.98. The molecule has 6 saturated carbocycles. The van der Waals surface area contributed by atoms with Crippen molar-refractivity contribution in [1.29, 1.82) is 0 Å². The van der Waals surface area contributed by atoms with Crippen LogP contribution in [0.25, 0.3) is 0 Å². The van der Waals surface area contributed by atoms with Crippen LogP contribution in [0.1, 0.15) is 82.6 Å². The van der Waals surface area contributed by atoms with E-state index in [1.54, 1.807) is 19.1 Å². The summed E-state index contributed by atoms with van der Waals surface area (Å²) in [6.45, 7) is 1.62. The number of carbonyl (C=O) groups is 6. The Balaban J connectivity index is 0.954. The third kappa shape index (κ3) is 7.62. The molecule has 1 aromatic rings. The van der Waals surface area contributed by atoms with Gasteiger partial charge in [-0.1, -0.05) is 53.2 Å². The second-order valence-corrected chi connectivity index (χ2v) is 21.1. The highest BCUT2D eigenvalue weighted by atomic mass is 79.9. The van der Waals surface area contributed by atoms with Gasteiger partial charge in [0.05, 0.1) is 24.1 Å². The van der Waals surface area contributed by atoms with Gasteiger partial charge < -0.3 is 45.4 Å². The lowest BCUT2D eigenvalue weighted by Gasteiger charge is -2.71. The van der Waals surface area contributed by atoms with Crippen molar-refractivity contribution in [2.24, 2.45) is 28.1 Å². The molecule has 7 fully saturated rings. The third-order valence-electron chi connectivity index (χ3n) is 15.4. The lowest BCUT2D eigenvalue weighted by molar-refractivity contribution is -0.235. The van der Waals surface area contributed by atoms with Gasteiger partial charge >= 0.3 is 13.8 Å². The molecule has 7 aliphatic carbocycles. The average Bonchev–Trinajstić information content (AvgIpc) is 3.71. The summed E-state index contributed by atoms with van der Waals surface area (Å²) in [4.78, 5) is 94.2. The molecule has 64 heavy (non-hydrogen) atoms. The standard InChI is InChI=1S/C43H51BrF2N3O14P/c1-38-10-9-24(50)11-27(38)28(45)12-26-25-13-32-43(31(52)18-61-64(58,59)60,39(25,2)15-30(51)42(26,38)46)63-37(62-32)23-5-3-22(4-6-23)14-40-19-41(20-40,21-40)49-36(57)29(7-8-35(55)56)48-34(54)17-47-33(53)16-44/h3-6,9-11,25-26,28-30,32,37,51H,7-8,12-21H2,1-2H3,(H,47,53)(H,48,54)(H,49,57)(H,55,56)(H2,58,59,60)/t25-,26-,28-,29-,30-,32+,37+,38-,39-,40?,41?,42-,43+/m0/s1. The maximum absolute atomic E-state index is 17.9. The number of aliphatic hydroxyl groups is 1. The largest absolute Gasteiger partial charge is 0.481 e. The normalized spacial score (nSPS) is 39.4. The number of alkyl halides is 3. The van der Waals surface area contributed by atoms with Gasteiger partial charge in [0.15, 0.2) is 29.1 Å². The van der Waals surface area contributed by atoms with Gasteiger partial charge in [-0.3, -0.25) is 33.3 Å². The number of aliphatic carboxylic acids is 1. The van der Waals surface area contributed by atoms with Crippen LogP contribution in [0.5, 0.6) is 0 Å². The number of phosphoric acid groups is 1. The van der Waals surface area contributed by atoms with E-state index in [-0.39, 0.29) is 48.5 Å². The van der Waals surface area contributed by atoms with Crippen molar-refractivity contribution in [3.8, 4) is 0 Å². The highest BCUT2D eigenvalue weighted by molar-refractivity contribution is 9.09. The number of fused-ring (bicyclic) bond motifs is 7. The van der Waals surface area contributed by atoms with Crippen molar-refractivity contribution >= 4 is 59.0 Å². The van der Waals surface area contributed by atoms with Gasteiger partial charge in [-0.2, -0.15) is 0 Å². The van der Waals surface area contributed by atoms with Crippen molar-refractivity contribution < 1.29 is 76.1 Å². The Morgan fingerprint density at radius 1 is 1.05 bits per heavy atom. The molecule has 2 bridgehead atoms. The van der Waals surface area contributed by atoms with Crippen LogP contribution in [-0.2, 0) is 53.8 Å². The summed E-state index contributed by atoms with van der Waals surface area (Å²) in [6.07, 6.45) is -0.919. The summed E-state index contributed by atoms with van der Waals surface area (Å²) in [5.74, 6) is -6.08. The average molecular weight is 983 g/mol. The monoisotopic (exact) mass is 981 g/mol. The van der Waals surface area contributed by atoms with Gasteiger partial charge in [-0.05, 0) is 92.9 Å². The lowest BCUT2D eigenvalue weighted by atomic mass is 9.38. The van der Waals surface area contributed by atoms with Crippen LogP contribution >= 0.6 is 23.8 Å². The van der Waals surface area contributed by atoms with Crippen LogP contribution in [-0.4, -0.2) is 115 Å². The van der Waals surface area contributed by atoms with Crippen molar-refractivity contribution in [3.05, 3.63) is 59.2 Å². The Morgan fingerprint density at radius 2 is 1.73 bits per heavy atom. The molecule has 0 radical (unpaired) electrons. The predicted molar refractivity (Wildman–Crippen MR) is 221 cm³/mol. The molecule has 9 rings (SSSR count). The van der Waals surface area contributed by atoms with Crippen LogP contribution in [0.4, 0.5) is 8.78 Å². The third-order valence-corrected chi connectivity index (χ3v) is 16.3. The molecular weight excluding hydrogens is 931 g/mol. The first-order valence-corrected chi connectivity index (χ1v) is 23.8. The minimum atomic E-state index is -5.15. The van der Waals surface area contributed by atoms with E-state index < -0.39 is 126 Å². The molecular formula is C43H51BrF2N3O14P. The number of rotatable bonds is 16. The Morgan fingerprint density at radius 3 is 2.38 bits per heavy atom. The molecule has 8 aliphatic rings. The topological polar surface area (TPSA) is 264 Å². The molecule has 1 heterocycles. The summed E-state index contributed by atoms with van der Waals surface area (Å²) in [5.41, 5.74) is -6.80. The molecule has 0 aromatic heterocycles. The van der Waals surface area contributed by atoms with E-state index in [2.05, 4.69) is 36.4 Å². The first-order valence-electron chi connectivity index (χ1n) is 21.2. The van der Waals surface area contributed by atoms with E-state index in [9.17, 15) is 53.3 Å².